The number of nitrogens with zero attached hydrogens (tertiary/aromatic N) is 1. The Morgan fingerprint density at radius 2 is 1.88 bits per heavy atom. The highest BCUT2D eigenvalue weighted by molar-refractivity contribution is 7.92. The summed E-state index contributed by atoms with van der Waals surface area (Å²) in [5.41, 5.74) is 3.04. The molecule has 1 aliphatic heterocycles. The van der Waals surface area contributed by atoms with Crippen LogP contribution in [-0.2, 0) is 14.8 Å². The first-order valence-corrected chi connectivity index (χ1v) is 9.71. The Balaban J connectivity index is 1.89. The van der Waals surface area contributed by atoms with Crippen LogP contribution in [0.5, 0.6) is 5.75 Å². The van der Waals surface area contributed by atoms with Crippen molar-refractivity contribution in [3.8, 4) is 5.75 Å². The molecule has 2 aromatic carbocycles. The molecule has 0 radical (unpaired) electrons. The van der Waals surface area contributed by atoms with E-state index in [1.165, 1.54) is 4.31 Å². The number of sulfonamides is 1. The smallest absolute Gasteiger partial charge is 0.267 e. The zero-order valence-corrected chi connectivity index (χ0v) is 15.1. The van der Waals surface area contributed by atoms with Crippen molar-refractivity contribution >= 4 is 27.3 Å². The second kappa shape index (κ2) is 6.40. The van der Waals surface area contributed by atoms with E-state index in [2.05, 4.69) is 5.32 Å². The van der Waals surface area contributed by atoms with Gasteiger partial charge in [0.15, 0.2) is 6.10 Å². The highest BCUT2D eigenvalue weighted by atomic mass is 32.2. The van der Waals surface area contributed by atoms with Crippen LogP contribution >= 0.6 is 0 Å². The molecule has 0 bridgehead atoms. The van der Waals surface area contributed by atoms with Crippen LogP contribution in [0.25, 0.3) is 0 Å². The Kier molecular flexibility index (Phi) is 4.43. The lowest BCUT2D eigenvalue weighted by Crippen LogP contribution is -2.48. The molecule has 1 amide bonds. The molecule has 0 aromatic heterocycles. The van der Waals surface area contributed by atoms with E-state index in [-0.39, 0.29) is 12.5 Å². The molecule has 25 heavy (non-hydrogen) atoms. The number of ether oxygens (including phenoxy) is 1. The molecule has 1 atom stereocenters. The van der Waals surface area contributed by atoms with Crippen molar-refractivity contribution in [1.82, 2.24) is 0 Å². The van der Waals surface area contributed by atoms with Crippen LogP contribution in [0.1, 0.15) is 11.1 Å². The van der Waals surface area contributed by atoms with Crippen molar-refractivity contribution in [2.24, 2.45) is 0 Å². The van der Waals surface area contributed by atoms with Gasteiger partial charge in [0.1, 0.15) is 5.75 Å². The fourth-order valence-corrected chi connectivity index (χ4v) is 3.66. The molecule has 1 N–H and O–H groups in total. The summed E-state index contributed by atoms with van der Waals surface area (Å²) in [5.74, 6) is -0.00265. The van der Waals surface area contributed by atoms with Gasteiger partial charge in [-0.3, -0.25) is 9.10 Å². The number of nitrogens with one attached hydrogen (secondary N) is 1. The number of fused-ring (bicyclic) bond motifs is 1. The van der Waals surface area contributed by atoms with E-state index in [1.54, 1.807) is 18.2 Å². The third-order valence-electron chi connectivity index (χ3n) is 3.96. The molecule has 0 fully saturated rings. The number of carbonyl (C=O) groups excluding carboxylic acids is 1. The molecule has 132 valence electrons. The summed E-state index contributed by atoms with van der Waals surface area (Å²) < 4.78 is 31.3. The van der Waals surface area contributed by atoms with E-state index in [0.717, 1.165) is 17.4 Å². The van der Waals surface area contributed by atoms with Crippen LogP contribution in [0.3, 0.4) is 0 Å². The maximum absolute atomic E-state index is 12.6. The topological polar surface area (TPSA) is 75.7 Å². The maximum Gasteiger partial charge on any atom is 0.267 e. The van der Waals surface area contributed by atoms with Gasteiger partial charge in [-0.25, -0.2) is 8.42 Å². The van der Waals surface area contributed by atoms with E-state index >= 15 is 0 Å². The van der Waals surface area contributed by atoms with Gasteiger partial charge in [-0.05, 0) is 49.2 Å². The number of hydrogen-bond donors (Lipinski definition) is 1. The Labute approximate surface area is 147 Å². The highest BCUT2D eigenvalue weighted by Crippen LogP contribution is 2.35. The Morgan fingerprint density at radius 3 is 2.56 bits per heavy atom. The summed E-state index contributed by atoms with van der Waals surface area (Å²) in [6.45, 7) is 3.74. The molecule has 6 nitrogen and oxygen atoms in total. The van der Waals surface area contributed by atoms with Crippen molar-refractivity contribution in [3.05, 3.63) is 53.6 Å². The van der Waals surface area contributed by atoms with Crippen LogP contribution < -0.4 is 14.4 Å². The van der Waals surface area contributed by atoms with Gasteiger partial charge in [0, 0.05) is 5.69 Å². The first kappa shape index (κ1) is 17.3. The van der Waals surface area contributed by atoms with Gasteiger partial charge in [0.2, 0.25) is 10.0 Å². The van der Waals surface area contributed by atoms with Gasteiger partial charge in [0.05, 0.1) is 18.5 Å². The van der Waals surface area contributed by atoms with E-state index in [0.29, 0.717) is 17.1 Å². The quantitative estimate of drug-likeness (QED) is 0.912. The zero-order chi connectivity index (χ0) is 18.2. The van der Waals surface area contributed by atoms with Crippen LogP contribution in [0.2, 0.25) is 0 Å². The number of carbonyl (C=O) groups is 1. The Morgan fingerprint density at radius 1 is 1.16 bits per heavy atom. The van der Waals surface area contributed by atoms with Gasteiger partial charge >= 0.3 is 0 Å². The lowest BCUT2D eigenvalue weighted by molar-refractivity contribution is -0.122. The second-order valence-electron chi connectivity index (χ2n) is 6.23. The zero-order valence-electron chi connectivity index (χ0n) is 14.3. The van der Waals surface area contributed by atoms with Crippen molar-refractivity contribution < 1.29 is 17.9 Å². The van der Waals surface area contributed by atoms with Crippen molar-refractivity contribution in [2.45, 2.75) is 20.0 Å². The summed E-state index contributed by atoms with van der Waals surface area (Å²) in [6, 6.07) is 12.6. The minimum absolute atomic E-state index is 0.0626. The molecular formula is C18H20N2O4S. The molecule has 0 saturated heterocycles. The summed E-state index contributed by atoms with van der Waals surface area (Å²) in [4.78, 5) is 12.6. The highest BCUT2D eigenvalue weighted by Gasteiger charge is 2.35. The monoisotopic (exact) mass is 360 g/mol. The maximum atomic E-state index is 12.6. The van der Waals surface area contributed by atoms with Gasteiger partial charge < -0.3 is 10.1 Å². The van der Waals surface area contributed by atoms with Crippen LogP contribution in [-0.4, -0.2) is 33.2 Å². The van der Waals surface area contributed by atoms with Crippen molar-refractivity contribution in [1.29, 1.82) is 0 Å². The molecule has 1 aliphatic rings. The SMILES string of the molecule is Cc1cccc(NC(=O)[C@@H]2CN(S(C)(=O)=O)c3cc(C)ccc3O2)c1. The predicted molar refractivity (Wildman–Crippen MR) is 97.6 cm³/mol. The van der Waals surface area contributed by atoms with E-state index in [4.69, 9.17) is 4.74 Å². The lowest BCUT2D eigenvalue weighted by atomic mass is 10.1. The molecule has 0 spiro atoms. The van der Waals surface area contributed by atoms with Crippen LogP contribution in [0.15, 0.2) is 42.5 Å². The average Bonchev–Trinajstić information content (AvgIpc) is 2.52. The summed E-state index contributed by atoms with van der Waals surface area (Å²) in [5, 5.41) is 2.78. The number of aryl methyl sites for hydroxylation is 2. The van der Waals surface area contributed by atoms with Crippen molar-refractivity contribution in [2.75, 3.05) is 22.4 Å². The predicted octanol–water partition coefficient (Wildman–Crippen LogP) is 2.47. The third-order valence-corrected chi connectivity index (χ3v) is 5.11. The molecule has 3 rings (SSSR count). The lowest BCUT2D eigenvalue weighted by Gasteiger charge is -2.34. The first-order valence-electron chi connectivity index (χ1n) is 7.86. The Hall–Kier alpha value is -2.54. The summed E-state index contributed by atoms with van der Waals surface area (Å²) >= 11 is 0. The standard InChI is InChI=1S/C18H20N2O4S/c1-12-5-4-6-14(9-12)19-18(21)17-11-20(25(3,22)23)15-10-13(2)7-8-16(15)24-17/h4-10,17H,11H2,1-3H3,(H,19,21)/t17-/m0/s1. The summed E-state index contributed by atoms with van der Waals surface area (Å²) in [7, 11) is -3.53. The largest absolute Gasteiger partial charge is 0.476 e. The first-order chi connectivity index (χ1) is 11.7. The average molecular weight is 360 g/mol. The molecule has 2 aromatic rings. The second-order valence-corrected chi connectivity index (χ2v) is 8.14. The summed E-state index contributed by atoms with van der Waals surface area (Å²) in [6.07, 6.45) is 0.199. The molecule has 0 aliphatic carbocycles. The third kappa shape index (κ3) is 3.76. The molecule has 0 unspecified atom stereocenters. The molecular weight excluding hydrogens is 340 g/mol. The number of benzene rings is 2. The van der Waals surface area contributed by atoms with Gasteiger partial charge in [-0.2, -0.15) is 0 Å². The normalized spacial score (nSPS) is 16.8. The van der Waals surface area contributed by atoms with Gasteiger partial charge in [-0.15, -0.1) is 0 Å². The van der Waals surface area contributed by atoms with Crippen LogP contribution in [0, 0.1) is 13.8 Å². The molecule has 0 saturated carbocycles. The molecule has 7 heteroatoms. The fourth-order valence-electron chi connectivity index (χ4n) is 2.76. The minimum atomic E-state index is -3.53. The van der Waals surface area contributed by atoms with E-state index in [1.807, 2.05) is 38.1 Å². The molecule has 1 heterocycles. The van der Waals surface area contributed by atoms with Crippen molar-refractivity contribution in [3.63, 3.8) is 0 Å². The number of amides is 1. The minimum Gasteiger partial charge on any atom is -0.476 e. The number of anilines is 2. The number of rotatable bonds is 3. The van der Waals surface area contributed by atoms with Gasteiger partial charge in [0.25, 0.3) is 5.91 Å². The van der Waals surface area contributed by atoms with E-state index in [9.17, 15) is 13.2 Å². The van der Waals surface area contributed by atoms with Gasteiger partial charge in [-0.1, -0.05) is 18.2 Å². The number of hydrogen-bond acceptors (Lipinski definition) is 4. The van der Waals surface area contributed by atoms with Crippen LogP contribution in [0.4, 0.5) is 11.4 Å². The van der Waals surface area contributed by atoms with E-state index < -0.39 is 16.1 Å². The fraction of sp³-hybridized carbons (Fsp3) is 0.278. The Bertz CT molecular complexity index is 924.